The number of aliphatic carboxylic acids is 2. The molecule has 7 heteroatoms. The van der Waals surface area contributed by atoms with E-state index in [0.717, 1.165) is 16.5 Å². The molecule has 3 atom stereocenters. The van der Waals surface area contributed by atoms with Crippen LogP contribution in [0.5, 0.6) is 0 Å². The highest BCUT2D eigenvalue weighted by atomic mass is 16.4. The molecule has 0 spiro atoms. The zero-order chi connectivity index (χ0) is 18.7. The molecule has 0 aliphatic heterocycles. The Kier molecular flexibility index (Phi) is 5.16. The molecule has 1 aliphatic carbocycles. The van der Waals surface area contributed by atoms with Crippen molar-refractivity contribution in [1.29, 1.82) is 0 Å². The van der Waals surface area contributed by atoms with Crippen LogP contribution < -0.4 is 5.32 Å². The molecule has 1 heterocycles. The minimum absolute atomic E-state index is 0.0725. The molecule has 136 valence electrons. The van der Waals surface area contributed by atoms with Crippen molar-refractivity contribution in [3.8, 4) is 0 Å². The zero-order valence-corrected chi connectivity index (χ0v) is 14.1. The monoisotopic (exact) mass is 356 g/mol. The van der Waals surface area contributed by atoms with Gasteiger partial charge in [-0.1, -0.05) is 18.2 Å². The number of pyridine rings is 1. The maximum Gasteiger partial charge on any atom is 0.306 e. The number of carboxylic acids is 2. The molecule has 0 radical (unpaired) electrons. The third-order valence-electron chi connectivity index (χ3n) is 4.89. The highest BCUT2D eigenvalue weighted by Gasteiger charge is 2.38. The van der Waals surface area contributed by atoms with E-state index in [9.17, 15) is 24.6 Å². The Bertz CT molecular complexity index is 829. The number of carbonyl (C=O) groups excluding carboxylic acids is 1. The molecule has 1 aliphatic rings. The Labute approximate surface area is 150 Å². The molecule has 1 saturated carbocycles. The topological polar surface area (TPSA) is 117 Å². The summed E-state index contributed by atoms with van der Waals surface area (Å²) in [5.41, 5.74) is 1.70. The number of fused-ring (bicyclic) bond motifs is 1. The number of nitrogens with one attached hydrogen (secondary N) is 1. The molecule has 3 rings (SSSR count). The van der Waals surface area contributed by atoms with E-state index < -0.39 is 29.7 Å². The van der Waals surface area contributed by atoms with Gasteiger partial charge in [-0.05, 0) is 37.0 Å². The van der Waals surface area contributed by atoms with Crippen LogP contribution in [0.3, 0.4) is 0 Å². The molecule has 1 amide bonds. The van der Waals surface area contributed by atoms with E-state index in [2.05, 4.69) is 10.3 Å². The van der Waals surface area contributed by atoms with Gasteiger partial charge >= 0.3 is 11.9 Å². The Balaban J connectivity index is 1.65. The molecule has 7 nitrogen and oxygen atoms in total. The molecule has 3 N–H and O–H groups in total. The van der Waals surface area contributed by atoms with E-state index >= 15 is 0 Å². The molecular formula is C19H20N2O5. The number of carboxylic acid groups (broad SMARTS) is 2. The van der Waals surface area contributed by atoms with Crippen molar-refractivity contribution in [2.45, 2.75) is 25.8 Å². The number of carbonyl (C=O) groups is 3. The van der Waals surface area contributed by atoms with Gasteiger partial charge in [0.15, 0.2) is 0 Å². The normalized spacial score (nSPS) is 22.7. The highest BCUT2D eigenvalue weighted by Crippen LogP contribution is 2.34. The van der Waals surface area contributed by atoms with Crippen molar-refractivity contribution in [1.82, 2.24) is 10.3 Å². The summed E-state index contributed by atoms with van der Waals surface area (Å²) in [6, 6.07) is 9.58. The zero-order valence-electron chi connectivity index (χ0n) is 14.1. The first-order chi connectivity index (χ1) is 12.4. The fourth-order valence-electron chi connectivity index (χ4n) is 3.48. The first kappa shape index (κ1) is 17.8. The number of benzene rings is 1. The summed E-state index contributed by atoms with van der Waals surface area (Å²) in [6.45, 7) is 0.267. The van der Waals surface area contributed by atoms with Gasteiger partial charge in [-0.2, -0.15) is 0 Å². The number of rotatable bonds is 5. The van der Waals surface area contributed by atoms with Gasteiger partial charge in [-0.3, -0.25) is 19.4 Å². The summed E-state index contributed by atoms with van der Waals surface area (Å²) in [5.74, 6) is -4.62. The minimum atomic E-state index is -1.05. The van der Waals surface area contributed by atoms with Crippen molar-refractivity contribution in [3.05, 3.63) is 42.1 Å². The van der Waals surface area contributed by atoms with Gasteiger partial charge in [-0.15, -0.1) is 0 Å². The van der Waals surface area contributed by atoms with Gasteiger partial charge in [-0.25, -0.2) is 0 Å². The third-order valence-corrected chi connectivity index (χ3v) is 4.89. The molecular weight excluding hydrogens is 336 g/mol. The Morgan fingerprint density at radius 1 is 1.00 bits per heavy atom. The van der Waals surface area contributed by atoms with E-state index in [0.29, 0.717) is 0 Å². The highest BCUT2D eigenvalue weighted by molar-refractivity contribution is 5.82. The Morgan fingerprint density at radius 3 is 2.27 bits per heavy atom. The lowest BCUT2D eigenvalue weighted by atomic mass is 9.75. The average molecular weight is 356 g/mol. The average Bonchev–Trinajstić information content (AvgIpc) is 2.65. The van der Waals surface area contributed by atoms with Crippen LogP contribution in [0.25, 0.3) is 10.9 Å². The number of hydrogen-bond donors (Lipinski definition) is 3. The quantitative estimate of drug-likeness (QED) is 0.755. The Morgan fingerprint density at radius 2 is 1.62 bits per heavy atom. The summed E-state index contributed by atoms with van der Waals surface area (Å²) in [4.78, 5) is 39.3. The van der Waals surface area contributed by atoms with Crippen molar-refractivity contribution in [3.63, 3.8) is 0 Å². The van der Waals surface area contributed by atoms with E-state index in [4.69, 9.17) is 0 Å². The number of para-hydroxylation sites is 1. The lowest BCUT2D eigenvalue weighted by Gasteiger charge is -2.30. The smallest absolute Gasteiger partial charge is 0.306 e. The molecule has 1 aromatic carbocycles. The van der Waals surface area contributed by atoms with Crippen molar-refractivity contribution >= 4 is 28.7 Å². The second-order valence-electron chi connectivity index (χ2n) is 6.73. The standard InChI is InChI=1S/C19H20N2O5/c22-17(13-6-14(18(23)24)8-15(7-13)19(25)26)21-10-11-5-12-3-1-2-4-16(12)20-9-11/h1-5,9,13-15H,6-8,10H2,(H,21,22)(H,23,24)(H,25,26)/t13?,14-,15+. The third kappa shape index (κ3) is 3.99. The van der Waals surface area contributed by atoms with Gasteiger partial charge in [0.2, 0.25) is 5.91 Å². The molecule has 26 heavy (non-hydrogen) atoms. The summed E-state index contributed by atoms with van der Waals surface area (Å²) in [5, 5.41) is 22.2. The van der Waals surface area contributed by atoms with E-state index in [1.165, 1.54) is 0 Å². The first-order valence-electron chi connectivity index (χ1n) is 8.51. The summed E-state index contributed by atoms with van der Waals surface area (Å²) < 4.78 is 0. The predicted octanol–water partition coefficient (Wildman–Crippen LogP) is 2.05. The van der Waals surface area contributed by atoms with Crippen molar-refractivity contribution < 1.29 is 24.6 Å². The molecule has 1 aromatic heterocycles. The SMILES string of the molecule is O=C(NCc1cnc2ccccc2c1)C1C[C@@H](C(=O)O)C[C@@H](C(=O)O)C1. The molecule has 1 fully saturated rings. The predicted molar refractivity (Wildman–Crippen MR) is 93.2 cm³/mol. The van der Waals surface area contributed by atoms with Crippen molar-refractivity contribution in [2.75, 3.05) is 0 Å². The second-order valence-corrected chi connectivity index (χ2v) is 6.73. The van der Waals surface area contributed by atoms with Crippen LogP contribution >= 0.6 is 0 Å². The van der Waals surface area contributed by atoms with Crippen LogP contribution in [-0.2, 0) is 20.9 Å². The fraction of sp³-hybridized carbons (Fsp3) is 0.368. The van der Waals surface area contributed by atoms with Gasteiger partial charge < -0.3 is 15.5 Å². The lowest BCUT2D eigenvalue weighted by molar-refractivity contribution is -0.150. The van der Waals surface area contributed by atoms with E-state index in [-0.39, 0.29) is 31.7 Å². The van der Waals surface area contributed by atoms with Crippen molar-refractivity contribution in [2.24, 2.45) is 17.8 Å². The molecule has 0 saturated heterocycles. The first-order valence-corrected chi connectivity index (χ1v) is 8.51. The summed E-state index contributed by atoms with van der Waals surface area (Å²) in [7, 11) is 0. The maximum absolute atomic E-state index is 12.5. The van der Waals surface area contributed by atoms with E-state index in [1.807, 2.05) is 30.3 Å². The fourth-order valence-corrected chi connectivity index (χ4v) is 3.48. The lowest BCUT2D eigenvalue weighted by Crippen LogP contribution is -2.39. The van der Waals surface area contributed by atoms with E-state index in [1.54, 1.807) is 6.20 Å². The molecule has 2 aromatic rings. The van der Waals surface area contributed by atoms with Gasteiger partial charge in [0.1, 0.15) is 0 Å². The molecule has 0 bridgehead atoms. The van der Waals surface area contributed by atoms with Gasteiger partial charge in [0.25, 0.3) is 0 Å². The number of aromatic nitrogens is 1. The van der Waals surface area contributed by atoms with Gasteiger partial charge in [0, 0.05) is 24.0 Å². The number of nitrogens with zero attached hydrogens (tertiary/aromatic N) is 1. The number of hydrogen-bond acceptors (Lipinski definition) is 4. The largest absolute Gasteiger partial charge is 0.481 e. The van der Waals surface area contributed by atoms with Crippen LogP contribution in [0.15, 0.2) is 36.5 Å². The number of amides is 1. The second kappa shape index (κ2) is 7.51. The summed E-state index contributed by atoms with van der Waals surface area (Å²) >= 11 is 0. The Hall–Kier alpha value is -2.96. The maximum atomic E-state index is 12.5. The van der Waals surface area contributed by atoms with Crippen LogP contribution in [0.1, 0.15) is 24.8 Å². The van der Waals surface area contributed by atoms with Gasteiger partial charge in [0.05, 0.1) is 17.4 Å². The van der Waals surface area contributed by atoms with Crippen LogP contribution in [0, 0.1) is 17.8 Å². The summed E-state index contributed by atoms with van der Waals surface area (Å²) in [6.07, 6.45) is 2.09. The molecule has 1 unspecified atom stereocenters. The minimum Gasteiger partial charge on any atom is -0.481 e. The van der Waals surface area contributed by atoms with Crippen LogP contribution in [0.4, 0.5) is 0 Å². The van der Waals surface area contributed by atoms with Crippen LogP contribution in [-0.4, -0.2) is 33.0 Å². The van der Waals surface area contributed by atoms with Crippen LogP contribution in [0.2, 0.25) is 0 Å².